The van der Waals surface area contributed by atoms with Crippen molar-refractivity contribution in [3.05, 3.63) is 48.2 Å². The number of hydrogen-bond acceptors (Lipinski definition) is 6. The summed E-state index contributed by atoms with van der Waals surface area (Å²) >= 11 is 0. The number of fused-ring (bicyclic) bond motifs is 1. The van der Waals surface area contributed by atoms with Crippen LogP contribution in [0.5, 0.6) is 11.5 Å². The van der Waals surface area contributed by atoms with Gasteiger partial charge < -0.3 is 24.8 Å². The van der Waals surface area contributed by atoms with Gasteiger partial charge in [0.2, 0.25) is 0 Å². The summed E-state index contributed by atoms with van der Waals surface area (Å²) in [4.78, 5) is 18.4. The average molecular weight is 357 g/mol. The molecule has 2 aromatic rings. The molecule has 7 nitrogen and oxygen atoms in total. The van der Waals surface area contributed by atoms with Gasteiger partial charge in [-0.15, -0.1) is 0 Å². The van der Waals surface area contributed by atoms with Gasteiger partial charge in [-0.2, -0.15) is 0 Å². The fraction of sp³-hybridized carbons (Fsp3) is 0.368. The van der Waals surface area contributed by atoms with E-state index in [1.807, 2.05) is 24.3 Å². The minimum atomic E-state index is -0.216. The highest BCUT2D eigenvalue weighted by Gasteiger charge is 2.24. The molecule has 1 unspecified atom stereocenters. The van der Waals surface area contributed by atoms with Gasteiger partial charge in [0, 0.05) is 26.4 Å². The van der Waals surface area contributed by atoms with E-state index in [4.69, 9.17) is 14.6 Å². The molecule has 3 rings (SSSR count). The molecule has 138 valence electrons. The number of ether oxygens (including phenoxy) is 2. The topological polar surface area (TPSA) is 83.9 Å². The molecular formula is C19H23N3O4. The molecule has 0 saturated heterocycles. The number of amides is 1. The Labute approximate surface area is 152 Å². The molecule has 0 fully saturated rings. The largest absolute Gasteiger partial charge is 0.486 e. The Bertz CT molecular complexity index is 736. The summed E-state index contributed by atoms with van der Waals surface area (Å²) in [6.07, 6.45) is 1.98. The number of para-hydroxylation sites is 2. The van der Waals surface area contributed by atoms with Crippen LogP contribution in [0.25, 0.3) is 0 Å². The number of anilines is 1. The summed E-state index contributed by atoms with van der Waals surface area (Å²) in [5.41, 5.74) is 0.511. The van der Waals surface area contributed by atoms with Crippen molar-refractivity contribution in [2.24, 2.45) is 0 Å². The maximum absolute atomic E-state index is 12.6. The predicted molar refractivity (Wildman–Crippen MR) is 97.7 cm³/mol. The zero-order valence-electron chi connectivity index (χ0n) is 14.7. The first kappa shape index (κ1) is 18.0. The zero-order valence-corrected chi connectivity index (χ0v) is 14.7. The molecule has 1 aromatic carbocycles. The van der Waals surface area contributed by atoms with E-state index in [2.05, 4.69) is 10.3 Å². The van der Waals surface area contributed by atoms with Crippen molar-refractivity contribution < 1.29 is 19.4 Å². The number of benzene rings is 1. The summed E-state index contributed by atoms with van der Waals surface area (Å²) in [6, 6.07) is 11.0. The third-order valence-corrected chi connectivity index (χ3v) is 4.04. The highest BCUT2D eigenvalue weighted by Crippen LogP contribution is 2.31. The van der Waals surface area contributed by atoms with Crippen LogP contribution in [0.3, 0.4) is 0 Å². The lowest BCUT2D eigenvalue weighted by atomic mass is 10.2. The normalized spacial score (nSPS) is 15.4. The van der Waals surface area contributed by atoms with Crippen LogP contribution in [0.1, 0.15) is 16.8 Å². The quantitative estimate of drug-likeness (QED) is 0.735. The number of nitrogens with one attached hydrogen (secondary N) is 1. The van der Waals surface area contributed by atoms with Crippen LogP contribution in [-0.4, -0.2) is 60.4 Å². The summed E-state index contributed by atoms with van der Waals surface area (Å²) in [5, 5.41) is 11.9. The lowest BCUT2D eigenvalue weighted by molar-refractivity contribution is 0.0520. The molecule has 0 aliphatic carbocycles. The van der Waals surface area contributed by atoms with Gasteiger partial charge >= 0.3 is 0 Å². The summed E-state index contributed by atoms with van der Waals surface area (Å²) in [7, 11) is 1.74. The van der Waals surface area contributed by atoms with E-state index >= 15 is 0 Å². The molecule has 1 aliphatic heterocycles. The molecule has 0 spiro atoms. The smallest absolute Gasteiger partial charge is 0.255 e. The first-order valence-corrected chi connectivity index (χ1v) is 8.62. The van der Waals surface area contributed by atoms with Crippen LogP contribution < -0.4 is 14.8 Å². The molecule has 1 aromatic heterocycles. The van der Waals surface area contributed by atoms with Gasteiger partial charge in [-0.1, -0.05) is 12.1 Å². The van der Waals surface area contributed by atoms with Crippen LogP contribution >= 0.6 is 0 Å². The zero-order chi connectivity index (χ0) is 18.4. The number of likely N-dealkylation sites (N-methyl/N-ethyl adjacent to an activating group) is 1. The average Bonchev–Trinajstić information content (AvgIpc) is 2.68. The molecule has 1 amide bonds. The van der Waals surface area contributed by atoms with Gasteiger partial charge in [0.25, 0.3) is 5.91 Å². The van der Waals surface area contributed by atoms with Gasteiger partial charge in [0.05, 0.1) is 12.1 Å². The second kappa shape index (κ2) is 8.53. The van der Waals surface area contributed by atoms with E-state index in [1.54, 1.807) is 30.3 Å². The number of rotatable bonds is 7. The molecule has 1 aliphatic rings. The van der Waals surface area contributed by atoms with Crippen molar-refractivity contribution in [1.29, 1.82) is 0 Å². The van der Waals surface area contributed by atoms with Gasteiger partial charge in [-0.25, -0.2) is 4.98 Å². The third kappa shape index (κ3) is 4.43. The molecule has 1 atom stereocenters. The van der Waals surface area contributed by atoms with Gasteiger partial charge in [-0.05, 0) is 30.7 Å². The summed E-state index contributed by atoms with van der Waals surface area (Å²) < 4.78 is 11.6. The fourth-order valence-corrected chi connectivity index (χ4v) is 2.68. The van der Waals surface area contributed by atoms with Gasteiger partial charge in [0.15, 0.2) is 17.6 Å². The molecule has 0 radical (unpaired) electrons. The molecule has 0 bridgehead atoms. The van der Waals surface area contributed by atoms with Crippen molar-refractivity contribution in [3.63, 3.8) is 0 Å². The van der Waals surface area contributed by atoms with Crippen molar-refractivity contribution in [1.82, 2.24) is 9.88 Å². The number of hydrogen-bond donors (Lipinski definition) is 2. The van der Waals surface area contributed by atoms with Crippen LogP contribution in [0.4, 0.5) is 5.82 Å². The number of aromatic nitrogens is 1. The standard InChI is InChI=1S/C19H23N3O4/c1-22(12-15-13-25-16-5-2-3-6-17(16)26-15)19(24)14-7-8-18(21-11-14)20-9-4-10-23/h2-3,5-8,11,15,23H,4,9-10,12-13H2,1H3,(H,20,21). The number of aliphatic hydroxyl groups is 1. The van der Waals surface area contributed by atoms with E-state index in [0.29, 0.717) is 43.2 Å². The maximum atomic E-state index is 12.6. The Morgan fingerprint density at radius 1 is 1.31 bits per heavy atom. The van der Waals surface area contributed by atoms with Crippen molar-refractivity contribution in [3.8, 4) is 11.5 Å². The summed E-state index contributed by atoms with van der Waals surface area (Å²) in [6.45, 7) is 1.59. The number of nitrogens with zero attached hydrogens (tertiary/aromatic N) is 2. The molecule has 2 heterocycles. The monoisotopic (exact) mass is 357 g/mol. The molecular weight excluding hydrogens is 334 g/mol. The number of carbonyl (C=O) groups excluding carboxylic acids is 1. The lowest BCUT2D eigenvalue weighted by Gasteiger charge is -2.29. The first-order valence-electron chi connectivity index (χ1n) is 8.62. The van der Waals surface area contributed by atoms with E-state index in [-0.39, 0.29) is 18.6 Å². The van der Waals surface area contributed by atoms with Crippen LogP contribution in [-0.2, 0) is 0 Å². The lowest BCUT2D eigenvalue weighted by Crippen LogP contribution is -2.41. The van der Waals surface area contributed by atoms with Crippen molar-refractivity contribution in [2.45, 2.75) is 12.5 Å². The van der Waals surface area contributed by atoms with Gasteiger partial charge in [-0.3, -0.25) is 4.79 Å². The highest BCUT2D eigenvalue weighted by molar-refractivity contribution is 5.93. The molecule has 7 heteroatoms. The molecule has 2 N–H and O–H groups in total. The SMILES string of the molecule is CN(CC1COc2ccccc2O1)C(=O)c1ccc(NCCCO)nc1. The molecule has 0 saturated carbocycles. The van der Waals surface area contributed by atoms with Gasteiger partial charge in [0.1, 0.15) is 12.4 Å². The predicted octanol–water partition coefficient (Wildman–Crippen LogP) is 1.79. The minimum absolute atomic E-state index is 0.123. The van der Waals surface area contributed by atoms with E-state index in [1.165, 1.54) is 0 Å². The van der Waals surface area contributed by atoms with E-state index in [0.717, 1.165) is 5.75 Å². The first-order chi connectivity index (χ1) is 12.7. The van der Waals surface area contributed by atoms with Crippen LogP contribution in [0.2, 0.25) is 0 Å². The minimum Gasteiger partial charge on any atom is -0.486 e. The highest BCUT2D eigenvalue weighted by atomic mass is 16.6. The maximum Gasteiger partial charge on any atom is 0.255 e. The Hall–Kier alpha value is -2.80. The Morgan fingerprint density at radius 2 is 2.12 bits per heavy atom. The van der Waals surface area contributed by atoms with E-state index in [9.17, 15) is 4.79 Å². The fourth-order valence-electron chi connectivity index (χ4n) is 2.68. The Morgan fingerprint density at radius 3 is 2.85 bits per heavy atom. The summed E-state index contributed by atoms with van der Waals surface area (Å²) in [5.74, 6) is 1.98. The third-order valence-electron chi connectivity index (χ3n) is 4.04. The van der Waals surface area contributed by atoms with Crippen LogP contribution in [0, 0.1) is 0 Å². The number of pyridine rings is 1. The second-order valence-electron chi connectivity index (χ2n) is 6.12. The van der Waals surface area contributed by atoms with Crippen molar-refractivity contribution >= 4 is 11.7 Å². The van der Waals surface area contributed by atoms with E-state index < -0.39 is 0 Å². The second-order valence-corrected chi connectivity index (χ2v) is 6.12. The van der Waals surface area contributed by atoms with Crippen LogP contribution in [0.15, 0.2) is 42.6 Å². The Balaban J connectivity index is 1.55. The number of carbonyl (C=O) groups is 1. The molecule has 26 heavy (non-hydrogen) atoms. The Kier molecular flexibility index (Phi) is 5.91. The van der Waals surface area contributed by atoms with Crippen molar-refractivity contribution in [2.75, 3.05) is 38.7 Å². The number of aliphatic hydroxyl groups excluding tert-OH is 1.